The number of aromatic nitrogens is 3. The second-order valence-corrected chi connectivity index (χ2v) is 5.98. The number of nitrogens with zero attached hydrogens (tertiary/aromatic N) is 2. The Labute approximate surface area is 142 Å². The van der Waals surface area contributed by atoms with Crippen LogP contribution in [0.3, 0.4) is 0 Å². The summed E-state index contributed by atoms with van der Waals surface area (Å²) >= 11 is 0. The molecular weight excluding hydrogens is 310 g/mol. The van der Waals surface area contributed by atoms with Gasteiger partial charge in [-0.05, 0) is 17.7 Å². The molecular formula is C21H13N3O. The third kappa shape index (κ3) is 2.11. The number of benzene rings is 2. The van der Waals surface area contributed by atoms with Gasteiger partial charge in [0.2, 0.25) is 5.56 Å². The summed E-state index contributed by atoms with van der Waals surface area (Å²) in [6.45, 7) is 0. The standard InChI is InChI=1S/C21H13N3O/c25-18-11-10-15-20-16(12-22-21(15)24-18)19(13-6-2-1-3-7-13)14-8-4-5-9-17(14)23-20/h1-12H,(H,22,24,25). The van der Waals surface area contributed by atoms with Crippen molar-refractivity contribution < 1.29 is 0 Å². The predicted molar refractivity (Wildman–Crippen MR) is 101 cm³/mol. The van der Waals surface area contributed by atoms with Crippen LogP contribution in [0.1, 0.15) is 0 Å². The molecule has 5 rings (SSSR count). The van der Waals surface area contributed by atoms with E-state index in [4.69, 9.17) is 4.98 Å². The lowest BCUT2D eigenvalue weighted by Crippen LogP contribution is -2.04. The molecule has 25 heavy (non-hydrogen) atoms. The van der Waals surface area contributed by atoms with Gasteiger partial charge < -0.3 is 4.98 Å². The summed E-state index contributed by atoms with van der Waals surface area (Å²) in [5.41, 5.74) is 4.40. The van der Waals surface area contributed by atoms with Gasteiger partial charge in [-0.3, -0.25) is 4.79 Å². The van der Waals surface area contributed by atoms with Crippen LogP contribution < -0.4 is 5.56 Å². The molecule has 2 aromatic carbocycles. The molecule has 0 atom stereocenters. The number of hydrogen-bond acceptors (Lipinski definition) is 3. The maximum atomic E-state index is 11.6. The Morgan fingerprint density at radius 2 is 1.56 bits per heavy atom. The van der Waals surface area contributed by atoms with Crippen molar-refractivity contribution in [3.63, 3.8) is 0 Å². The maximum Gasteiger partial charge on any atom is 0.249 e. The molecule has 3 heterocycles. The first-order chi connectivity index (χ1) is 12.3. The molecule has 0 saturated heterocycles. The molecule has 0 amide bonds. The molecule has 0 unspecified atom stereocenters. The van der Waals surface area contributed by atoms with Gasteiger partial charge in [-0.25, -0.2) is 9.97 Å². The maximum absolute atomic E-state index is 11.6. The minimum Gasteiger partial charge on any atom is -0.307 e. The number of pyridine rings is 3. The summed E-state index contributed by atoms with van der Waals surface area (Å²) in [5, 5.41) is 2.91. The highest BCUT2D eigenvalue weighted by molar-refractivity contribution is 6.15. The number of fused-ring (bicyclic) bond motifs is 4. The topological polar surface area (TPSA) is 58.6 Å². The van der Waals surface area contributed by atoms with Gasteiger partial charge in [0.15, 0.2) is 0 Å². The van der Waals surface area contributed by atoms with E-state index in [0.717, 1.165) is 38.3 Å². The zero-order valence-electron chi connectivity index (χ0n) is 13.2. The smallest absolute Gasteiger partial charge is 0.249 e. The van der Waals surface area contributed by atoms with E-state index in [-0.39, 0.29) is 5.56 Å². The monoisotopic (exact) mass is 323 g/mol. The van der Waals surface area contributed by atoms with Crippen LogP contribution in [0.4, 0.5) is 0 Å². The van der Waals surface area contributed by atoms with Crippen LogP contribution in [0.15, 0.2) is 77.7 Å². The van der Waals surface area contributed by atoms with Crippen molar-refractivity contribution in [1.29, 1.82) is 0 Å². The average Bonchev–Trinajstić information content (AvgIpc) is 2.66. The fourth-order valence-corrected chi connectivity index (χ4v) is 3.36. The van der Waals surface area contributed by atoms with Crippen molar-refractivity contribution in [3.8, 4) is 11.1 Å². The van der Waals surface area contributed by atoms with Crippen molar-refractivity contribution in [1.82, 2.24) is 15.0 Å². The van der Waals surface area contributed by atoms with Crippen LogP contribution in [0.2, 0.25) is 0 Å². The van der Waals surface area contributed by atoms with E-state index in [1.165, 1.54) is 6.07 Å². The number of H-pyrrole nitrogens is 1. The Morgan fingerprint density at radius 3 is 2.44 bits per heavy atom. The van der Waals surface area contributed by atoms with Crippen LogP contribution in [0.25, 0.3) is 44.0 Å². The third-order valence-electron chi connectivity index (χ3n) is 4.47. The van der Waals surface area contributed by atoms with Crippen molar-refractivity contribution in [2.24, 2.45) is 0 Å². The summed E-state index contributed by atoms with van der Waals surface area (Å²) in [6, 6.07) is 21.7. The third-order valence-corrected chi connectivity index (χ3v) is 4.47. The summed E-state index contributed by atoms with van der Waals surface area (Å²) < 4.78 is 0. The van der Waals surface area contributed by atoms with Crippen LogP contribution in [-0.4, -0.2) is 15.0 Å². The van der Waals surface area contributed by atoms with Crippen LogP contribution in [0, 0.1) is 0 Å². The second kappa shape index (κ2) is 5.24. The first-order valence-electron chi connectivity index (χ1n) is 8.07. The van der Waals surface area contributed by atoms with Crippen LogP contribution in [0.5, 0.6) is 0 Å². The van der Waals surface area contributed by atoms with Crippen molar-refractivity contribution in [3.05, 3.63) is 83.3 Å². The quantitative estimate of drug-likeness (QED) is 0.370. The van der Waals surface area contributed by atoms with Gasteiger partial charge in [-0.2, -0.15) is 0 Å². The molecule has 3 aromatic heterocycles. The highest BCUT2D eigenvalue weighted by Gasteiger charge is 2.13. The van der Waals surface area contributed by atoms with E-state index in [9.17, 15) is 4.79 Å². The lowest BCUT2D eigenvalue weighted by molar-refractivity contribution is 1.24. The van der Waals surface area contributed by atoms with E-state index in [0.29, 0.717) is 5.65 Å². The van der Waals surface area contributed by atoms with Gasteiger partial charge >= 0.3 is 0 Å². The molecule has 0 aliphatic heterocycles. The second-order valence-electron chi connectivity index (χ2n) is 5.98. The zero-order chi connectivity index (χ0) is 16.8. The van der Waals surface area contributed by atoms with Gasteiger partial charge in [0.25, 0.3) is 0 Å². The number of aromatic amines is 1. The minimum absolute atomic E-state index is 0.163. The number of para-hydroxylation sites is 1. The van der Waals surface area contributed by atoms with E-state index >= 15 is 0 Å². The Morgan fingerprint density at radius 1 is 0.760 bits per heavy atom. The predicted octanol–water partition coefficient (Wildman–Crippen LogP) is 4.29. The molecule has 0 fully saturated rings. The lowest BCUT2D eigenvalue weighted by atomic mass is 9.96. The van der Waals surface area contributed by atoms with Gasteiger partial charge in [0.05, 0.1) is 11.0 Å². The summed E-state index contributed by atoms with van der Waals surface area (Å²) in [6.07, 6.45) is 1.80. The normalized spacial score (nSPS) is 11.4. The minimum atomic E-state index is -0.163. The summed E-state index contributed by atoms with van der Waals surface area (Å²) in [4.78, 5) is 23.7. The van der Waals surface area contributed by atoms with Gasteiger partial charge in [0, 0.05) is 34.0 Å². The molecule has 1 N–H and O–H groups in total. The number of hydrogen-bond donors (Lipinski definition) is 1. The first kappa shape index (κ1) is 13.9. The largest absolute Gasteiger partial charge is 0.307 e. The number of rotatable bonds is 1. The van der Waals surface area contributed by atoms with Crippen molar-refractivity contribution in [2.45, 2.75) is 0 Å². The highest BCUT2D eigenvalue weighted by atomic mass is 16.1. The van der Waals surface area contributed by atoms with E-state index < -0.39 is 0 Å². The molecule has 0 aliphatic carbocycles. The Hall–Kier alpha value is -3.53. The summed E-state index contributed by atoms with van der Waals surface area (Å²) in [7, 11) is 0. The summed E-state index contributed by atoms with van der Waals surface area (Å²) in [5.74, 6) is 0. The molecule has 0 saturated carbocycles. The first-order valence-corrected chi connectivity index (χ1v) is 8.07. The van der Waals surface area contributed by atoms with E-state index in [1.807, 2.05) is 36.4 Å². The van der Waals surface area contributed by atoms with Gasteiger partial charge in [0.1, 0.15) is 5.65 Å². The fraction of sp³-hybridized carbons (Fsp3) is 0. The Kier molecular flexibility index (Phi) is 2.91. The van der Waals surface area contributed by atoms with Crippen LogP contribution in [-0.2, 0) is 0 Å². The van der Waals surface area contributed by atoms with Crippen LogP contribution >= 0.6 is 0 Å². The molecule has 4 nitrogen and oxygen atoms in total. The molecule has 5 aromatic rings. The van der Waals surface area contributed by atoms with Crippen molar-refractivity contribution >= 4 is 32.8 Å². The highest BCUT2D eigenvalue weighted by Crippen LogP contribution is 2.36. The Balaban J connectivity index is 2.04. The molecule has 0 aliphatic rings. The Bertz CT molecular complexity index is 1310. The molecule has 0 radical (unpaired) electrons. The van der Waals surface area contributed by atoms with Crippen molar-refractivity contribution in [2.75, 3.05) is 0 Å². The molecule has 0 spiro atoms. The average molecular weight is 323 g/mol. The fourth-order valence-electron chi connectivity index (χ4n) is 3.36. The van der Waals surface area contributed by atoms with E-state index in [1.54, 1.807) is 12.3 Å². The van der Waals surface area contributed by atoms with E-state index in [2.05, 4.69) is 28.2 Å². The van der Waals surface area contributed by atoms with Gasteiger partial charge in [-0.15, -0.1) is 0 Å². The van der Waals surface area contributed by atoms with Gasteiger partial charge in [-0.1, -0.05) is 48.5 Å². The SMILES string of the molecule is O=c1ccc2c(ncc3c(-c4ccccc4)c4ccccc4nc32)[nH]1. The number of nitrogens with one attached hydrogen (secondary N) is 1. The zero-order valence-corrected chi connectivity index (χ0v) is 13.2. The lowest BCUT2D eigenvalue weighted by Gasteiger charge is -2.12. The molecule has 118 valence electrons. The molecule has 4 heteroatoms. The molecule has 0 bridgehead atoms.